The van der Waals surface area contributed by atoms with E-state index in [4.69, 9.17) is 4.74 Å². The van der Waals surface area contributed by atoms with E-state index in [1.807, 2.05) is 30.9 Å². The van der Waals surface area contributed by atoms with Gasteiger partial charge in [-0.3, -0.25) is 9.69 Å². The van der Waals surface area contributed by atoms with Gasteiger partial charge < -0.3 is 4.74 Å². The molecule has 1 N–H and O–H groups in total. The van der Waals surface area contributed by atoms with Crippen molar-refractivity contribution in [1.29, 1.82) is 0 Å². The highest BCUT2D eigenvalue weighted by molar-refractivity contribution is 8.32. The third-order valence-corrected chi connectivity index (χ3v) is 10.6. The number of halogens is 1. The minimum absolute atomic E-state index is 0.159. The Morgan fingerprint density at radius 3 is 2.07 bits per heavy atom. The Balaban J connectivity index is 1.24. The number of nitrogens with zero attached hydrogens (tertiary/aromatic N) is 1. The van der Waals surface area contributed by atoms with E-state index in [1.165, 1.54) is 23.3 Å². The first-order chi connectivity index (χ1) is 19.5. The highest BCUT2D eigenvalue weighted by Crippen LogP contribution is 2.45. The van der Waals surface area contributed by atoms with Crippen molar-refractivity contribution in [2.75, 3.05) is 50.0 Å². The standard InChI is InChI=1S/C32H39FN2O4S2/c1-40(2,3)16-17-41(37,38)34-32(36)28-18-27(24-14-15-24)30(19-29(28)33)39-22-23-20-35(21-23)31(25-10-6-4-7-11-25)26-12-8-5-9-13-26/h4-13,18-19,23-24,31H,14-17,20-22H2,1-3H3,(H,34,36). The third kappa shape index (κ3) is 7.70. The first kappa shape index (κ1) is 29.6. The number of benzene rings is 3. The molecule has 1 heterocycles. The molecule has 6 nitrogen and oxygen atoms in total. The Labute approximate surface area is 244 Å². The molecular formula is C32H39FN2O4S2. The van der Waals surface area contributed by atoms with Gasteiger partial charge >= 0.3 is 0 Å². The molecule has 3 aromatic carbocycles. The van der Waals surface area contributed by atoms with E-state index >= 15 is 4.39 Å². The van der Waals surface area contributed by atoms with Crippen LogP contribution >= 0.6 is 10.0 Å². The molecule has 0 spiro atoms. The van der Waals surface area contributed by atoms with Crippen LogP contribution in [0.2, 0.25) is 0 Å². The summed E-state index contributed by atoms with van der Waals surface area (Å²) in [6, 6.07) is 23.8. The van der Waals surface area contributed by atoms with Crippen molar-refractivity contribution >= 4 is 26.0 Å². The fourth-order valence-electron chi connectivity index (χ4n) is 5.21. The number of ether oxygens (including phenoxy) is 1. The molecule has 1 saturated carbocycles. The zero-order chi connectivity index (χ0) is 29.2. The van der Waals surface area contributed by atoms with Gasteiger partial charge in [0.2, 0.25) is 10.0 Å². The lowest BCUT2D eigenvalue weighted by Gasteiger charge is -2.44. The van der Waals surface area contributed by atoms with Crippen LogP contribution in [0.25, 0.3) is 0 Å². The summed E-state index contributed by atoms with van der Waals surface area (Å²) in [5.74, 6) is -0.473. The van der Waals surface area contributed by atoms with E-state index in [2.05, 4.69) is 58.2 Å². The number of carbonyl (C=O) groups excluding carboxylic acids is 1. The van der Waals surface area contributed by atoms with Crippen molar-refractivity contribution < 1.29 is 22.3 Å². The van der Waals surface area contributed by atoms with Crippen LogP contribution in [0.4, 0.5) is 4.39 Å². The van der Waals surface area contributed by atoms with Gasteiger partial charge in [-0.2, -0.15) is 0 Å². The molecule has 1 amide bonds. The van der Waals surface area contributed by atoms with Gasteiger partial charge in [-0.1, -0.05) is 60.7 Å². The smallest absolute Gasteiger partial charge is 0.267 e. The summed E-state index contributed by atoms with van der Waals surface area (Å²) in [4.78, 5) is 15.2. The fourth-order valence-corrected chi connectivity index (χ4v) is 8.58. The highest BCUT2D eigenvalue weighted by atomic mass is 32.3. The molecule has 9 heteroatoms. The van der Waals surface area contributed by atoms with E-state index < -0.39 is 31.8 Å². The number of sulfonamides is 1. The summed E-state index contributed by atoms with van der Waals surface area (Å²) in [6.07, 6.45) is 7.90. The molecule has 0 atom stereocenters. The number of hydrogen-bond acceptors (Lipinski definition) is 5. The molecule has 41 heavy (non-hydrogen) atoms. The third-order valence-electron chi connectivity index (χ3n) is 7.63. The van der Waals surface area contributed by atoms with Crippen LogP contribution < -0.4 is 9.46 Å². The van der Waals surface area contributed by atoms with Crippen molar-refractivity contribution in [2.45, 2.75) is 24.8 Å². The lowest BCUT2D eigenvalue weighted by Crippen LogP contribution is -2.51. The van der Waals surface area contributed by atoms with Crippen LogP contribution in [0.5, 0.6) is 5.75 Å². The van der Waals surface area contributed by atoms with Crippen LogP contribution in [0.3, 0.4) is 0 Å². The largest absolute Gasteiger partial charge is 0.493 e. The van der Waals surface area contributed by atoms with Gasteiger partial charge in [-0.15, -0.1) is 0 Å². The Hall–Kier alpha value is -2.88. The Morgan fingerprint density at radius 1 is 0.951 bits per heavy atom. The van der Waals surface area contributed by atoms with Crippen LogP contribution in [0.1, 0.15) is 51.8 Å². The highest BCUT2D eigenvalue weighted by Gasteiger charge is 2.35. The molecule has 1 saturated heterocycles. The second-order valence-electron chi connectivity index (χ2n) is 12.0. The molecule has 220 valence electrons. The van der Waals surface area contributed by atoms with Crippen molar-refractivity contribution in [3.63, 3.8) is 0 Å². The van der Waals surface area contributed by atoms with Crippen molar-refractivity contribution in [1.82, 2.24) is 9.62 Å². The minimum Gasteiger partial charge on any atom is -0.493 e. The van der Waals surface area contributed by atoms with Gasteiger partial charge in [0.1, 0.15) is 11.6 Å². The normalized spacial score (nSPS) is 16.8. The Bertz CT molecular complexity index is 1430. The number of amides is 1. The minimum atomic E-state index is -3.86. The van der Waals surface area contributed by atoms with Crippen molar-refractivity contribution in [2.24, 2.45) is 5.92 Å². The summed E-state index contributed by atoms with van der Waals surface area (Å²) in [5, 5.41) is 0. The monoisotopic (exact) mass is 598 g/mol. The Kier molecular flexibility index (Phi) is 8.78. The number of carbonyl (C=O) groups is 1. The zero-order valence-electron chi connectivity index (χ0n) is 23.9. The molecule has 0 unspecified atom stereocenters. The van der Waals surface area contributed by atoms with E-state index in [0.29, 0.717) is 18.1 Å². The molecule has 1 aliphatic heterocycles. The SMILES string of the molecule is CS(C)(C)CCS(=O)(=O)NC(=O)c1cc(C2CC2)c(OCC2CN(C(c3ccccc3)c3ccccc3)C2)cc1F. The van der Waals surface area contributed by atoms with Crippen LogP contribution in [0.15, 0.2) is 72.8 Å². The molecule has 0 bridgehead atoms. The predicted octanol–water partition coefficient (Wildman–Crippen LogP) is 5.56. The summed E-state index contributed by atoms with van der Waals surface area (Å²) in [5.41, 5.74) is 3.00. The molecule has 2 aliphatic rings. The maximum Gasteiger partial charge on any atom is 0.267 e. The topological polar surface area (TPSA) is 75.7 Å². The fraction of sp³-hybridized carbons (Fsp3) is 0.406. The molecule has 1 aliphatic carbocycles. The van der Waals surface area contributed by atoms with Crippen LogP contribution in [-0.4, -0.2) is 69.2 Å². The quantitative estimate of drug-likeness (QED) is 0.296. The van der Waals surface area contributed by atoms with Crippen molar-refractivity contribution in [3.8, 4) is 5.75 Å². The summed E-state index contributed by atoms with van der Waals surface area (Å²) in [6.45, 7) is 2.15. The summed E-state index contributed by atoms with van der Waals surface area (Å²) in [7, 11) is -4.91. The molecule has 3 aromatic rings. The van der Waals surface area contributed by atoms with E-state index in [9.17, 15) is 13.2 Å². The zero-order valence-corrected chi connectivity index (χ0v) is 25.5. The number of rotatable bonds is 12. The molecule has 0 aromatic heterocycles. The van der Waals surface area contributed by atoms with Crippen LogP contribution in [0, 0.1) is 11.7 Å². The Morgan fingerprint density at radius 2 is 1.54 bits per heavy atom. The second-order valence-corrected chi connectivity index (χ2v) is 18.5. The van der Waals surface area contributed by atoms with Gasteiger partial charge in [-0.25, -0.2) is 27.6 Å². The second kappa shape index (κ2) is 12.2. The van der Waals surface area contributed by atoms with Crippen LogP contribution in [-0.2, 0) is 10.0 Å². The summed E-state index contributed by atoms with van der Waals surface area (Å²) < 4.78 is 48.3. The maximum atomic E-state index is 15.1. The summed E-state index contributed by atoms with van der Waals surface area (Å²) >= 11 is 0. The van der Waals surface area contributed by atoms with E-state index in [-0.39, 0.29) is 29.2 Å². The number of nitrogens with one attached hydrogen (secondary N) is 1. The van der Waals surface area contributed by atoms with Crippen molar-refractivity contribution in [3.05, 3.63) is 101 Å². The van der Waals surface area contributed by atoms with Gasteiger partial charge in [0, 0.05) is 25.1 Å². The molecular weight excluding hydrogens is 559 g/mol. The average Bonchev–Trinajstić information content (AvgIpc) is 3.75. The van der Waals surface area contributed by atoms with Gasteiger partial charge in [-0.05, 0) is 66.0 Å². The molecule has 0 radical (unpaired) electrons. The number of likely N-dealkylation sites (tertiary alicyclic amines) is 1. The predicted molar refractivity (Wildman–Crippen MR) is 165 cm³/mol. The lowest BCUT2D eigenvalue weighted by atomic mass is 9.90. The van der Waals surface area contributed by atoms with Gasteiger partial charge in [0.15, 0.2) is 0 Å². The average molecular weight is 599 g/mol. The molecule has 2 fully saturated rings. The van der Waals surface area contributed by atoms with E-state index in [1.54, 1.807) is 0 Å². The van der Waals surface area contributed by atoms with E-state index in [0.717, 1.165) is 31.5 Å². The van der Waals surface area contributed by atoms with Gasteiger partial charge in [0.05, 0.1) is 24.0 Å². The maximum absolute atomic E-state index is 15.1. The first-order valence-electron chi connectivity index (χ1n) is 14.0. The first-order valence-corrected chi connectivity index (χ1v) is 18.7. The molecule has 5 rings (SSSR count). The van der Waals surface area contributed by atoms with Gasteiger partial charge in [0.25, 0.3) is 5.91 Å². The lowest BCUT2D eigenvalue weighted by molar-refractivity contribution is 0.0375. The number of hydrogen-bond donors (Lipinski definition) is 1.